The minimum absolute atomic E-state index is 0.122. The Hall–Kier alpha value is -0.520. The number of rotatable bonds is 1. The van der Waals surface area contributed by atoms with E-state index in [9.17, 15) is 4.79 Å². The van der Waals surface area contributed by atoms with Crippen molar-refractivity contribution in [3.8, 4) is 0 Å². The summed E-state index contributed by atoms with van der Waals surface area (Å²) in [6.07, 6.45) is 4.23. The second-order valence-electron chi connectivity index (χ2n) is 6.19. The summed E-state index contributed by atoms with van der Waals surface area (Å²) >= 11 is 5.28. The quantitative estimate of drug-likeness (QED) is 0.856. The van der Waals surface area contributed by atoms with Gasteiger partial charge in [0, 0.05) is 20.9 Å². The highest BCUT2D eigenvalue weighted by atomic mass is 32.2. The molecule has 2 aromatic heterocycles. The Morgan fingerprint density at radius 2 is 2.15 bits per heavy atom. The van der Waals surface area contributed by atoms with Crippen molar-refractivity contribution in [2.24, 2.45) is 17.8 Å². The molecule has 1 aliphatic heterocycles. The molecule has 5 heteroatoms. The predicted octanol–water partition coefficient (Wildman–Crippen LogP) is 4.15. The van der Waals surface area contributed by atoms with E-state index < -0.39 is 0 Å². The molecule has 0 radical (unpaired) electrons. The molecule has 2 bridgehead atoms. The molecule has 104 valence electrons. The van der Waals surface area contributed by atoms with Crippen molar-refractivity contribution < 1.29 is 0 Å². The monoisotopic (exact) mass is 321 g/mol. The number of thiophene rings is 1. The highest BCUT2D eigenvalue weighted by molar-refractivity contribution is 8.00. The largest absolute Gasteiger partial charge is 0.307 e. The van der Waals surface area contributed by atoms with E-state index in [1.165, 1.54) is 45.4 Å². The highest BCUT2D eigenvalue weighted by Gasteiger charge is 2.54. The molecule has 0 unspecified atom stereocenters. The van der Waals surface area contributed by atoms with E-state index in [4.69, 9.17) is 0 Å². The number of aromatic nitrogens is 1. The molecule has 2 aliphatic carbocycles. The smallest absolute Gasteiger partial charge is 0.305 e. The highest BCUT2D eigenvalue weighted by Crippen LogP contribution is 2.63. The molecule has 0 saturated heterocycles. The second-order valence-corrected chi connectivity index (χ2v) is 9.38. The molecule has 0 amide bonds. The first-order valence-corrected chi connectivity index (χ1v) is 9.82. The van der Waals surface area contributed by atoms with Crippen LogP contribution in [0.3, 0.4) is 0 Å². The van der Waals surface area contributed by atoms with E-state index in [0.29, 0.717) is 5.92 Å². The van der Waals surface area contributed by atoms with E-state index in [0.717, 1.165) is 23.0 Å². The summed E-state index contributed by atoms with van der Waals surface area (Å²) in [7, 11) is 0. The lowest BCUT2D eigenvalue weighted by molar-refractivity contribution is 0.310. The summed E-state index contributed by atoms with van der Waals surface area (Å²) in [5, 5.41) is 4.08. The van der Waals surface area contributed by atoms with Gasteiger partial charge < -0.3 is 4.98 Å². The zero-order valence-electron chi connectivity index (χ0n) is 10.9. The van der Waals surface area contributed by atoms with Crippen LogP contribution < -0.4 is 4.87 Å². The molecule has 5 atom stereocenters. The molecule has 1 N–H and O–H groups in total. The van der Waals surface area contributed by atoms with Crippen LogP contribution in [0.2, 0.25) is 0 Å². The fourth-order valence-electron chi connectivity index (χ4n) is 4.64. The van der Waals surface area contributed by atoms with Crippen molar-refractivity contribution in [1.29, 1.82) is 0 Å². The first-order valence-electron chi connectivity index (χ1n) is 7.24. The number of hydrogen-bond donors (Lipinski definition) is 1. The van der Waals surface area contributed by atoms with E-state index in [2.05, 4.69) is 22.5 Å². The van der Waals surface area contributed by atoms with Crippen LogP contribution >= 0.6 is 34.4 Å². The lowest BCUT2D eigenvalue weighted by atomic mass is 9.77. The number of thiazole rings is 1. The van der Waals surface area contributed by atoms with Gasteiger partial charge in [0.05, 0.1) is 5.03 Å². The Balaban J connectivity index is 1.71. The average molecular weight is 321 g/mol. The van der Waals surface area contributed by atoms with Gasteiger partial charge in [-0.2, -0.15) is 0 Å². The van der Waals surface area contributed by atoms with Crippen molar-refractivity contribution in [3.63, 3.8) is 0 Å². The van der Waals surface area contributed by atoms with Gasteiger partial charge >= 0.3 is 4.87 Å². The topological polar surface area (TPSA) is 32.9 Å². The Labute approximate surface area is 129 Å². The maximum Gasteiger partial charge on any atom is 0.305 e. The number of H-pyrrole nitrogens is 1. The first kappa shape index (κ1) is 12.1. The summed E-state index contributed by atoms with van der Waals surface area (Å²) in [5.41, 5.74) is 0. The van der Waals surface area contributed by atoms with E-state index in [1.807, 2.05) is 23.1 Å². The number of fused-ring (bicyclic) bond motifs is 6. The Morgan fingerprint density at radius 3 is 3.00 bits per heavy atom. The van der Waals surface area contributed by atoms with Crippen molar-refractivity contribution in [3.05, 3.63) is 36.9 Å². The fraction of sp³-hybridized carbons (Fsp3) is 0.533. The van der Waals surface area contributed by atoms with Gasteiger partial charge in [-0.3, -0.25) is 4.79 Å². The molecule has 2 saturated carbocycles. The van der Waals surface area contributed by atoms with Gasteiger partial charge in [-0.1, -0.05) is 17.4 Å². The Morgan fingerprint density at radius 1 is 1.25 bits per heavy atom. The number of hydrogen-bond acceptors (Lipinski definition) is 4. The van der Waals surface area contributed by atoms with Crippen molar-refractivity contribution in [2.75, 3.05) is 0 Å². The lowest BCUT2D eigenvalue weighted by Gasteiger charge is -2.39. The van der Waals surface area contributed by atoms with Crippen LogP contribution in [0.15, 0.2) is 27.3 Å². The van der Waals surface area contributed by atoms with Crippen molar-refractivity contribution in [1.82, 2.24) is 4.98 Å². The summed E-state index contributed by atoms with van der Waals surface area (Å²) in [4.78, 5) is 17.8. The second kappa shape index (κ2) is 4.24. The standard InChI is InChI=1S/C15H15NOS3/c17-15-16-14-13(20-15)11(9-2-1-5-18-9)10-7-3-4-8(6-7)12(10)19-14/h1-2,5,7-8,10-12H,3-4,6H2,(H,16,17)/t7-,8+,10-,11-,12+/m1/s1. The third kappa shape index (κ3) is 1.54. The van der Waals surface area contributed by atoms with Gasteiger partial charge in [-0.25, -0.2) is 0 Å². The van der Waals surface area contributed by atoms with Crippen LogP contribution in [-0.2, 0) is 0 Å². The average Bonchev–Trinajstić information content (AvgIpc) is 3.19. The Bertz CT molecular complexity index is 701. The maximum absolute atomic E-state index is 11.8. The van der Waals surface area contributed by atoms with Gasteiger partial charge in [0.2, 0.25) is 0 Å². The number of aromatic amines is 1. The minimum atomic E-state index is 0.122. The molecule has 5 rings (SSSR count). The molecular weight excluding hydrogens is 306 g/mol. The third-order valence-corrected chi connectivity index (χ3v) is 8.89. The summed E-state index contributed by atoms with van der Waals surface area (Å²) in [6, 6.07) is 4.42. The molecule has 3 heterocycles. The molecular formula is C15H15NOS3. The van der Waals surface area contributed by atoms with Gasteiger partial charge in [0.25, 0.3) is 0 Å². The first-order chi connectivity index (χ1) is 9.81. The van der Waals surface area contributed by atoms with E-state index in [-0.39, 0.29) is 4.87 Å². The summed E-state index contributed by atoms with van der Waals surface area (Å²) in [6.45, 7) is 0. The lowest BCUT2D eigenvalue weighted by Crippen LogP contribution is -2.33. The molecule has 0 spiro atoms. The summed E-state index contributed by atoms with van der Waals surface area (Å²) in [5.74, 6) is 3.01. The molecule has 2 aromatic rings. The molecule has 20 heavy (non-hydrogen) atoms. The van der Waals surface area contributed by atoms with Crippen molar-refractivity contribution in [2.45, 2.75) is 35.5 Å². The van der Waals surface area contributed by atoms with Crippen LogP contribution in [0.25, 0.3) is 0 Å². The van der Waals surface area contributed by atoms with Crippen LogP contribution in [-0.4, -0.2) is 10.2 Å². The SMILES string of the molecule is O=c1[nH]c2c(s1)[C@H](c1cccs1)[C@H]1[C@@H]3CC[C@@H](C3)[C@@H]1S2. The van der Waals surface area contributed by atoms with Crippen LogP contribution in [0, 0.1) is 17.8 Å². The van der Waals surface area contributed by atoms with Crippen LogP contribution in [0.1, 0.15) is 34.9 Å². The van der Waals surface area contributed by atoms with E-state index >= 15 is 0 Å². The normalized spacial score (nSPS) is 37.9. The third-order valence-electron chi connectivity index (χ3n) is 5.32. The van der Waals surface area contributed by atoms with Crippen LogP contribution in [0.4, 0.5) is 0 Å². The predicted molar refractivity (Wildman–Crippen MR) is 85.1 cm³/mol. The van der Waals surface area contributed by atoms with Crippen LogP contribution in [0.5, 0.6) is 0 Å². The van der Waals surface area contributed by atoms with Gasteiger partial charge in [0.15, 0.2) is 0 Å². The summed E-state index contributed by atoms with van der Waals surface area (Å²) < 4.78 is 0. The minimum Gasteiger partial charge on any atom is -0.307 e. The van der Waals surface area contributed by atoms with Gasteiger partial charge in [0.1, 0.15) is 0 Å². The number of nitrogens with one attached hydrogen (secondary N) is 1. The number of thioether (sulfide) groups is 1. The van der Waals surface area contributed by atoms with Gasteiger partial charge in [-0.05, 0) is 48.5 Å². The van der Waals surface area contributed by atoms with Gasteiger partial charge in [-0.15, -0.1) is 23.1 Å². The van der Waals surface area contributed by atoms with Crippen molar-refractivity contribution >= 4 is 34.4 Å². The van der Waals surface area contributed by atoms with E-state index in [1.54, 1.807) is 0 Å². The molecule has 2 fully saturated rings. The zero-order valence-corrected chi connectivity index (χ0v) is 13.3. The molecule has 3 aliphatic rings. The molecule has 2 nitrogen and oxygen atoms in total. The fourth-order valence-corrected chi connectivity index (χ4v) is 8.49. The molecule has 0 aromatic carbocycles. The maximum atomic E-state index is 11.8. The zero-order chi connectivity index (χ0) is 13.3. The Kier molecular flexibility index (Phi) is 2.56.